The Morgan fingerprint density at radius 3 is 2.45 bits per heavy atom. The summed E-state index contributed by atoms with van der Waals surface area (Å²) in [6.07, 6.45) is 8.98. The Kier molecular flexibility index (Phi) is 3.89. The number of aromatic nitrogens is 3. The third-order valence-electron chi connectivity index (χ3n) is 5.03. The molecule has 0 aromatic carbocycles. The summed E-state index contributed by atoms with van der Waals surface area (Å²) in [7, 11) is 0. The van der Waals surface area contributed by atoms with E-state index in [1.807, 2.05) is 0 Å². The van der Waals surface area contributed by atoms with Gasteiger partial charge in [0, 0.05) is 19.1 Å². The van der Waals surface area contributed by atoms with E-state index in [-0.39, 0.29) is 0 Å². The first-order valence-electron chi connectivity index (χ1n) is 7.99. The van der Waals surface area contributed by atoms with Gasteiger partial charge in [0.1, 0.15) is 0 Å². The molecule has 4 nitrogen and oxygen atoms in total. The summed E-state index contributed by atoms with van der Waals surface area (Å²) in [4.78, 5) is 2.42. The molecule has 112 valence electrons. The highest BCUT2D eigenvalue weighted by molar-refractivity contribution is 7.71. The standard InChI is InChI=1S/C15H26N4S/c1-15(2)8-10-18(11-9-15)13-16-17-14(20)19(13)12-6-4-3-5-7-12/h12H,3-11H2,1-2H3,(H,17,20). The molecule has 1 aliphatic carbocycles. The van der Waals surface area contributed by atoms with Crippen LogP contribution in [0.4, 0.5) is 5.95 Å². The van der Waals surface area contributed by atoms with Crippen LogP contribution < -0.4 is 4.90 Å². The van der Waals surface area contributed by atoms with Crippen molar-refractivity contribution in [2.45, 2.75) is 64.8 Å². The lowest BCUT2D eigenvalue weighted by molar-refractivity contribution is 0.274. The zero-order valence-electron chi connectivity index (χ0n) is 12.7. The van der Waals surface area contributed by atoms with Gasteiger partial charge in [-0.1, -0.05) is 33.1 Å². The van der Waals surface area contributed by atoms with E-state index < -0.39 is 0 Å². The van der Waals surface area contributed by atoms with Gasteiger partial charge in [-0.25, -0.2) is 5.10 Å². The lowest BCUT2D eigenvalue weighted by atomic mass is 9.83. The molecule has 2 heterocycles. The molecule has 2 fully saturated rings. The smallest absolute Gasteiger partial charge is 0.225 e. The molecule has 1 saturated carbocycles. The van der Waals surface area contributed by atoms with E-state index in [1.54, 1.807) is 0 Å². The average Bonchev–Trinajstić information content (AvgIpc) is 2.82. The van der Waals surface area contributed by atoms with E-state index in [1.165, 1.54) is 44.9 Å². The van der Waals surface area contributed by atoms with Gasteiger partial charge in [-0.2, -0.15) is 0 Å². The molecular weight excluding hydrogens is 268 g/mol. The Morgan fingerprint density at radius 1 is 1.15 bits per heavy atom. The van der Waals surface area contributed by atoms with Crippen LogP contribution in [-0.2, 0) is 0 Å². The molecule has 1 saturated heterocycles. The summed E-state index contributed by atoms with van der Waals surface area (Å²) in [5, 5.41) is 7.56. The molecule has 0 spiro atoms. The van der Waals surface area contributed by atoms with Gasteiger partial charge in [0.2, 0.25) is 5.95 Å². The molecule has 0 unspecified atom stereocenters. The summed E-state index contributed by atoms with van der Waals surface area (Å²) < 4.78 is 3.10. The van der Waals surface area contributed by atoms with E-state index >= 15 is 0 Å². The lowest BCUT2D eigenvalue weighted by Gasteiger charge is -2.38. The summed E-state index contributed by atoms with van der Waals surface area (Å²) in [5.41, 5.74) is 0.471. The van der Waals surface area contributed by atoms with Gasteiger partial charge in [-0.05, 0) is 43.3 Å². The first-order valence-corrected chi connectivity index (χ1v) is 8.39. The van der Waals surface area contributed by atoms with Crippen molar-refractivity contribution in [3.63, 3.8) is 0 Å². The number of hydrogen-bond donors (Lipinski definition) is 1. The van der Waals surface area contributed by atoms with Crippen LogP contribution in [0, 0.1) is 10.2 Å². The molecule has 5 heteroatoms. The van der Waals surface area contributed by atoms with Crippen molar-refractivity contribution in [1.29, 1.82) is 0 Å². The van der Waals surface area contributed by atoms with Crippen molar-refractivity contribution >= 4 is 18.2 Å². The van der Waals surface area contributed by atoms with Crippen LogP contribution in [0.1, 0.15) is 64.8 Å². The fourth-order valence-electron chi connectivity index (χ4n) is 3.50. The van der Waals surface area contributed by atoms with Gasteiger partial charge in [0.25, 0.3) is 0 Å². The fourth-order valence-corrected chi connectivity index (χ4v) is 3.78. The second kappa shape index (κ2) is 5.51. The molecular formula is C15H26N4S. The maximum atomic E-state index is 5.49. The number of H-pyrrole nitrogens is 1. The second-order valence-corrected chi connectivity index (χ2v) is 7.53. The zero-order valence-corrected chi connectivity index (χ0v) is 13.5. The van der Waals surface area contributed by atoms with Crippen molar-refractivity contribution < 1.29 is 0 Å². The lowest BCUT2D eigenvalue weighted by Crippen LogP contribution is -2.39. The second-order valence-electron chi connectivity index (χ2n) is 7.14. The van der Waals surface area contributed by atoms with Gasteiger partial charge in [0.05, 0.1) is 0 Å². The average molecular weight is 294 g/mol. The van der Waals surface area contributed by atoms with Crippen molar-refractivity contribution in [3.05, 3.63) is 4.77 Å². The van der Waals surface area contributed by atoms with Crippen molar-refractivity contribution in [3.8, 4) is 0 Å². The number of aromatic amines is 1. The molecule has 0 bridgehead atoms. The Balaban J connectivity index is 1.82. The molecule has 1 aromatic rings. The van der Waals surface area contributed by atoms with Crippen LogP contribution in [0.15, 0.2) is 0 Å². The van der Waals surface area contributed by atoms with Crippen LogP contribution in [-0.4, -0.2) is 27.9 Å². The number of nitrogens with zero attached hydrogens (tertiary/aromatic N) is 3. The summed E-state index contributed by atoms with van der Waals surface area (Å²) >= 11 is 5.49. The highest BCUT2D eigenvalue weighted by Gasteiger charge is 2.29. The highest BCUT2D eigenvalue weighted by atomic mass is 32.1. The maximum absolute atomic E-state index is 5.49. The van der Waals surface area contributed by atoms with Crippen LogP contribution in [0.5, 0.6) is 0 Å². The minimum Gasteiger partial charge on any atom is -0.341 e. The molecule has 2 aliphatic rings. The molecule has 0 radical (unpaired) electrons. The number of nitrogens with one attached hydrogen (secondary N) is 1. The Morgan fingerprint density at radius 2 is 1.80 bits per heavy atom. The Hall–Kier alpha value is -0.840. The number of hydrogen-bond acceptors (Lipinski definition) is 3. The van der Waals surface area contributed by atoms with E-state index in [4.69, 9.17) is 12.2 Å². The third kappa shape index (κ3) is 2.78. The fraction of sp³-hybridized carbons (Fsp3) is 0.867. The van der Waals surface area contributed by atoms with Gasteiger partial charge < -0.3 is 4.90 Å². The predicted octanol–water partition coefficient (Wildman–Crippen LogP) is 4.07. The van der Waals surface area contributed by atoms with Gasteiger partial charge in [-0.3, -0.25) is 4.57 Å². The topological polar surface area (TPSA) is 36.9 Å². The van der Waals surface area contributed by atoms with E-state index in [0.717, 1.165) is 23.8 Å². The quantitative estimate of drug-likeness (QED) is 0.835. The molecule has 1 N–H and O–H groups in total. The van der Waals surface area contributed by atoms with E-state index in [9.17, 15) is 0 Å². The van der Waals surface area contributed by atoms with Crippen LogP contribution >= 0.6 is 12.2 Å². The van der Waals surface area contributed by atoms with Crippen LogP contribution in [0.3, 0.4) is 0 Å². The monoisotopic (exact) mass is 294 g/mol. The molecule has 0 atom stereocenters. The summed E-state index contributed by atoms with van der Waals surface area (Å²) in [6, 6.07) is 0.555. The Labute approximate surface area is 126 Å². The minimum absolute atomic E-state index is 0.471. The minimum atomic E-state index is 0.471. The summed E-state index contributed by atoms with van der Waals surface area (Å²) in [6.45, 7) is 6.92. The summed E-state index contributed by atoms with van der Waals surface area (Å²) in [5.74, 6) is 1.08. The van der Waals surface area contributed by atoms with Crippen LogP contribution in [0.2, 0.25) is 0 Å². The van der Waals surface area contributed by atoms with Gasteiger partial charge in [-0.15, -0.1) is 5.10 Å². The van der Waals surface area contributed by atoms with Crippen molar-refractivity contribution in [2.75, 3.05) is 18.0 Å². The first kappa shape index (κ1) is 14.1. The van der Waals surface area contributed by atoms with Gasteiger partial charge >= 0.3 is 0 Å². The first-order chi connectivity index (χ1) is 9.57. The number of anilines is 1. The molecule has 3 rings (SSSR count). The highest BCUT2D eigenvalue weighted by Crippen LogP contribution is 2.35. The predicted molar refractivity (Wildman–Crippen MR) is 84.8 cm³/mol. The van der Waals surface area contributed by atoms with Crippen molar-refractivity contribution in [1.82, 2.24) is 14.8 Å². The normalized spacial score (nSPS) is 24.0. The molecule has 1 aromatic heterocycles. The Bertz CT molecular complexity index is 500. The number of piperidine rings is 1. The third-order valence-corrected chi connectivity index (χ3v) is 5.31. The van der Waals surface area contributed by atoms with Crippen LogP contribution in [0.25, 0.3) is 0 Å². The molecule has 1 aliphatic heterocycles. The SMILES string of the molecule is CC1(C)CCN(c2n[nH]c(=S)n2C2CCCCC2)CC1. The number of rotatable bonds is 2. The van der Waals surface area contributed by atoms with E-state index in [2.05, 4.69) is 33.5 Å². The largest absolute Gasteiger partial charge is 0.341 e. The molecule has 20 heavy (non-hydrogen) atoms. The van der Waals surface area contributed by atoms with Crippen molar-refractivity contribution in [2.24, 2.45) is 5.41 Å². The van der Waals surface area contributed by atoms with E-state index in [0.29, 0.717) is 11.5 Å². The van der Waals surface area contributed by atoms with Gasteiger partial charge in [0.15, 0.2) is 4.77 Å². The zero-order chi connectivity index (χ0) is 14.2. The molecule has 0 amide bonds. The maximum Gasteiger partial charge on any atom is 0.225 e.